The third-order valence-electron chi connectivity index (χ3n) is 5.61. The molecule has 0 spiro atoms. The Kier molecular flexibility index (Phi) is 8.86. The number of carbonyl (C=O) groups excluding carboxylic acids is 3. The molecule has 2 aliphatic rings. The fraction of sp³-hybridized carbons (Fsp3) is 0.182. The van der Waals surface area contributed by atoms with Gasteiger partial charge in [0.15, 0.2) is 16.3 Å². The van der Waals surface area contributed by atoms with Crippen molar-refractivity contribution < 1.29 is 54.3 Å². The van der Waals surface area contributed by atoms with Crippen molar-refractivity contribution in [3.63, 3.8) is 0 Å². The molecule has 0 saturated carbocycles. The van der Waals surface area contributed by atoms with E-state index in [0.717, 1.165) is 25.1 Å². The standard InChI is InChI=1S/C22H17N5O6S4.Na/c23-22-24-11(8-36-22)15(26-33)18(29)25-16-19(30)27-17(21(31)32)9(7-35-20(16)27)6-34-14-5-12(28)10-3-1-2-4-13(10)37-14;/h1-5,8,16,20,33H,6-7H2,(H2,23,24)(H,25,29)(H,31,32);/q;+1/p-1/b26-15-;/t16-,20-;/m1./s1. The fourth-order valence-corrected chi connectivity index (χ4v) is 8.17. The van der Waals surface area contributed by atoms with Gasteiger partial charge in [0.1, 0.15) is 17.1 Å². The maximum atomic E-state index is 12.9. The maximum absolute atomic E-state index is 12.9. The number of carbonyl (C=O) groups is 3. The number of anilines is 1. The summed E-state index contributed by atoms with van der Waals surface area (Å²) in [4.78, 5) is 55.0. The van der Waals surface area contributed by atoms with Crippen LogP contribution in [-0.4, -0.2) is 61.5 Å². The van der Waals surface area contributed by atoms with E-state index < -0.39 is 34.9 Å². The van der Waals surface area contributed by atoms with Gasteiger partial charge >= 0.3 is 29.6 Å². The van der Waals surface area contributed by atoms with Crippen LogP contribution in [0.25, 0.3) is 10.1 Å². The predicted octanol–water partition coefficient (Wildman–Crippen LogP) is -2.32. The molecule has 1 aromatic carbocycles. The van der Waals surface area contributed by atoms with Crippen LogP contribution < -0.4 is 51.1 Å². The summed E-state index contributed by atoms with van der Waals surface area (Å²) in [6.45, 7) is 0. The number of hydrogen-bond donors (Lipinski definition) is 3. The molecule has 2 aliphatic heterocycles. The van der Waals surface area contributed by atoms with E-state index in [4.69, 9.17) is 5.73 Å². The van der Waals surface area contributed by atoms with E-state index in [1.54, 1.807) is 12.1 Å². The number of hydrogen-bond acceptors (Lipinski definition) is 13. The van der Waals surface area contributed by atoms with Crippen LogP contribution in [0.5, 0.6) is 0 Å². The van der Waals surface area contributed by atoms with Crippen LogP contribution in [0, 0.1) is 0 Å². The van der Waals surface area contributed by atoms with E-state index in [0.29, 0.717) is 11.0 Å². The average Bonchev–Trinajstić information content (AvgIpc) is 3.31. The second-order valence-corrected chi connectivity index (χ2v) is 12.2. The summed E-state index contributed by atoms with van der Waals surface area (Å²) >= 11 is 5.08. The van der Waals surface area contributed by atoms with Gasteiger partial charge in [-0.1, -0.05) is 17.3 Å². The fourth-order valence-electron chi connectivity index (χ4n) is 3.91. The smallest absolute Gasteiger partial charge is 0.543 e. The van der Waals surface area contributed by atoms with Gasteiger partial charge in [-0.2, -0.15) is 0 Å². The van der Waals surface area contributed by atoms with Crippen molar-refractivity contribution in [2.75, 3.05) is 17.2 Å². The number of nitrogens with one attached hydrogen (secondary N) is 1. The number of fused-ring (bicyclic) bond motifs is 2. The maximum Gasteiger partial charge on any atom is 1.00 e. The molecule has 2 atom stereocenters. The Morgan fingerprint density at radius 2 is 2.08 bits per heavy atom. The van der Waals surface area contributed by atoms with Crippen LogP contribution in [0.3, 0.4) is 0 Å². The molecule has 1 fully saturated rings. The van der Waals surface area contributed by atoms with Crippen LogP contribution in [0.1, 0.15) is 5.69 Å². The second kappa shape index (κ2) is 11.8. The zero-order chi connectivity index (χ0) is 26.3. The molecule has 0 unspecified atom stereocenters. The van der Waals surface area contributed by atoms with Gasteiger partial charge in [-0.15, -0.1) is 46.2 Å². The molecule has 0 aliphatic carbocycles. The van der Waals surface area contributed by atoms with Crippen LogP contribution in [0.15, 0.2) is 61.1 Å². The second-order valence-electron chi connectivity index (χ2n) is 7.83. The van der Waals surface area contributed by atoms with E-state index in [2.05, 4.69) is 15.5 Å². The van der Waals surface area contributed by atoms with Crippen LogP contribution in [0.2, 0.25) is 0 Å². The van der Waals surface area contributed by atoms with Crippen molar-refractivity contribution in [1.29, 1.82) is 0 Å². The van der Waals surface area contributed by atoms with E-state index in [1.165, 1.54) is 46.3 Å². The van der Waals surface area contributed by atoms with E-state index in [-0.39, 0.29) is 63.0 Å². The van der Waals surface area contributed by atoms with Crippen molar-refractivity contribution in [2.24, 2.45) is 5.16 Å². The summed E-state index contributed by atoms with van der Waals surface area (Å²) in [5, 5.41) is 28.3. The van der Waals surface area contributed by atoms with Gasteiger partial charge in [-0.25, -0.2) is 4.98 Å². The van der Waals surface area contributed by atoms with Crippen molar-refractivity contribution in [3.05, 3.63) is 62.9 Å². The molecule has 4 heterocycles. The van der Waals surface area contributed by atoms with Crippen LogP contribution >= 0.6 is 46.2 Å². The number of oxime groups is 1. The summed E-state index contributed by atoms with van der Waals surface area (Å²) < 4.78 is 1.55. The molecule has 0 bridgehead atoms. The average molecular weight is 598 g/mol. The topological polar surface area (TPSA) is 178 Å². The quantitative estimate of drug-likeness (QED) is 0.0669. The Bertz CT molecular complexity index is 1570. The molecule has 190 valence electrons. The van der Waals surface area contributed by atoms with Crippen molar-refractivity contribution in [1.82, 2.24) is 15.2 Å². The summed E-state index contributed by atoms with van der Waals surface area (Å²) in [7, 11) is 0. The third-order valence-corrected chi connectivity index (χ3v) is 10.0. The number of amides is 2. The zero-order valence-corrected chi connectivity index (χ0v) is 24.8. The number of carboxylic acids is 1. The first-order valence-corrected chi connectivity index (χ1v) is 14.3. The third kappa shape index (κ3) is 5.36. The molecule has 3 aromatic rings. The molecule has 4 N–H and O–H groups in total. The van der Waals surface area contributed by atoms with Crippen LogP contribution in [-0.2, 0) is 14.4 Å². The Morgan fingerprint density at radius 3 is 2.76 bits per heavy atom. The van der Waals surface area contributed by atoms with Crippen molar-refractivity contribution in [2.45, 2.75) is 15.6 Å². The van der Waals surface area contributed by atoms with Gasteiger partial charge in [0.05, 0.1) is 15.9 Å². The zero-order valence-electron chi connectivity index (χ0n) is 19.6. The van der Waals surface area contributed by atoms with Gasteiger partial charge in [0.25, 0.3) is 11.8 Å². The molecule has 0 radical (unpaired) electrons. The Morgan fingerprint density at radius 1 is 1.32 bits per heavy atom. The molecule has 2 amide bonds. The first kappa shape index (κ1) is 28.6. The molecule has 16 heteroatoms. The number of nitrogens with two attached hydrogens (primary N) is 1. The minimum Gasteiger partial charge on any atom is -0.543 e. The van der Waals surface area contributed by atoms with E-state index >= 15 is 0 Å². The SMILES string of the molecule is Nc1nc(/C(=N/O)C(=O)N[C@@H]2C(=O)N3C(C(=O)[O-])=C(CSc4cc(=O)c5ccccc5s4)CS[C@H]23)cs1.[Na+]. The predicted molar refractivity (Wildman–Crippen MR) is 141 cm³/mol. The van der Waals surface area contributed by atoms with Crippen LogP contribution in [0.4, 0.5) is 5.13 Å². The number of benzene rings is 1. The molecular weight excluding hydrogens is 582 g/mol. The molecule has 11 nitrogen and oxygen atoms in total. The largest absolute Gasteiger partial charge is 1.00 e. The minimum absolute atomic E-state index is 0. The monoisotopic (exact) mass is 597 g/mol. The van der Waals surface area contributed by atoms with E-state index in [9.17, 15) is 29.5 Å². The normalized spacial score (nSPS) is 19.0. The Balaban J connectivity index is 0.00000336. The summed E-state index contributed by atoms with van der Waals surface area (Å²) in [6.07, 6.45) is 0. The molecular formula is C22H16N5NaO6S4. The number of nitrogens with zero attached hydrogens (tertiary/aromatic N) is 3. The Hall–Kier alpha value is -2.40. The van der Waals surface area contributed by atoms with Gasteiger partial charge in [0.2, 0.25) is 0 Å². The number of aliphatic carboxylic acids is 1. The number of rotatable bonds is 7. The first-order valence-electron chi connectivity index (χ1n) is 10.6. The van der Waals surface area contributed by atoms with Gasteiger partial charge in [0, 0.05) is 33.0 Å². The minimum atomic E-state index is -1.50. The number of thiazole rings is 1. The van der Waals surface area contributed by atoms with Crippen molar-refractivity contribution >= 4 is 84.9 Å². The molecule has 5 rings (SSSR count). The van der Waals surface area contributed by atoms with E-state index in [1.807, 2.05) is 12.1 Å². The van der Waals surface area contributed by atoms with Gasteiger partial charge in [-0.05, 0) is 17.7 Å². The summed E-state index contributed by atoms with van der Waals surface area (Å²) in [5.74, 6) is -2.45. The summed E-state index contributed by atoms with van der Waals surface area (Å²) in [5.41, 5.74) is 5.32. The van der Waals surface area contributed by atoms with Gasteiger partial charge in [-0.3, -0.25) is 19.3 Å². The number of nitrogen functional groups attached to an aromatic ring is 1. The van der Waals surface area contributed by atoms with Crippen molar-refractivity contribution in [3.8, 4) is 0 Å². The molecule has 1 saturated heterocycles. The van der Waals surface area contributed by atoms with Gasteiger partial charge < -0.3 is 26.2 Å². The number of aromatic nitrogens is 1. The molecule has 2 aromatic heterocycles. The summed E-state index contributed by atoms with van der Waals surface area (Å²) in [6, 6.07) is 7.73. The Labute approximate surface area is 253 Å². The number of carboxylic acid groups (broad SMARTS) is 1. The first-order chi connectivity index (χ1) is 17.8. The number of β-lactam (4-membered cyclic amide) rings is 1. The number of thioether (sulfide) groups is 2. The molecule has 38 heavy (non-hydrogen) atoms.